The second kappa shape index (κ2) is 3.53. The molecular weight excluding hydrogens is 184 g/mol. The zero-order valence-corrected chi connectivity index (χ0v) is 9.02. The lowest BCUT2D eigenvalue weighted by atomic mass is 9.84. The maximum absolute atomic E-state index is 5.87. The minimum atomic E-state index is 0.448. The van der Waals surface area contributed by atoms with Gasteiger partial charge < -0.3 is 10.6 Å². The Kier molecular flexibility index (Phi) is 2.17. The maximum Gasteiger partial charge on any atom is 0.0401 e. The molecule has 0 bridgehead atoms. The first-order chi connectivity index (χ1) is 7.34. The number of hydrogen-bond donors (Lipinski definition) is 1. The molecule has 2 N–H and O–H groups in total. The van der Waals surface area contributed by atoms with Gasteiger partial charge in [-0.05, 0) is 37.3 Å². The number of rotatable bonds is 1. The van der Waals surface area contributed by atoms with E-state index in [2.05, 4.69) is 29.2 Å². The summed E-state index contributed by atoms with van der Waals surface area (Å²) in [6, 6.07) is 9.98. The summed E-state index contributed by atoms with van der Waals surface area (Å²) in [6.07, 6.45) is 4.89. The van der Waals surface area contributed by atoms with E-state index in [4.69, 9.17) is 5.73 Å². The van der Waals surface area contributed by atoms with Crippen molar-refractivity contribution in [2.45, 2.75) is 37.8 Å². The summed E-state index contributed by atoms with van der Waals surface area (Å²) in [5.74, 6) is 0. The molecule has 3 rings (SSSR count). The molecule has 2 aliphatic rings. The molecule has 2 heteroatoms. The molecule has 1 saturated carbocycles. The van der Waals surface area contributed by atoms with Crippen molar-refractivity contribution in [1.29, 1.82) is 0 Å². The molecule has 2 nitrogen and oxygen atoms in total. The topological polar surface area (TPSA) is 29.3 Å². The highest BCUT2D eigenvalue weighted by atomic mass is 15.2. The molecule has 0 saturated heterocycles. The molecule has 1 aliphatic carbocycles. The van der Waals surface area contributed by atoms with Crippen LogP contribution < -0.4 is 10.6 Å². The van der Waals surface area contributed by atoms with E-state index in [0.29, 0.717) is 12.1 Å². The number of para-hydroxylation sites is 1. The SMILES string of the molecule is NC1CC(N2CCCc3ccccc32)C1. The van der Waals surface area contributed by atoms with Crippen LogP contribution in [0.3, 0.4) is 0 Å². The minimum Gasteiger partial charge on any atom is -0.368 e. The molecule has 0 amide bonds. The highest BCUT2D eigenvalue weighted by Gasteiger charge is 2.33. The Labute approximate surface area is 91.1 Å². The van der Waals surface area contributed by atoms with Crippen molar-refractivity contribution in [2.24, 2.45) is 5.73 Å². The van der Waals surface area contributed by atoms with Gasteiger partial charge in [0.1, 0.15) is 0 Å². The van der Waals surface area contributed by atoms with E-state index < -0.39 is 0 Å². The van der Waals surface area contributed by atoms with Crippen LogP contribution in [0.1, 0.15) is 24.8 Å². The third-order valence-electron chi connectivity index (χ3n) is 3.74. The van der Waals surface area contributed by atoms with Gasteiger partial charge in [0, 0.05) is 24.3 Å². The highest BCUT2D eigenvalue weighted by molar-refractivity contribution is 5.56. The van der Waals surface area contributed by atoms with Crippen LogP contribution in [0.25, 0.3) is 0 Å². The smallest absolute Gasteiger partial charge is 0.0401 e. The third kappa shape index (κ3) is 1.53. The Morgan fingerprint density at radius 2 is 2.00 bits per heavy atom. The molecule has 0 unspecified atom stereocenters. The van der Waals surface area contributed by atoms with Crippen molar-refractivity contribution < 1.29 is 0 Å². The van der Waals surface area contributed by atoms with Gasteiger partial charge in [-0.25, -0.2) is 0 Å². The first-order valence-electron chi connectivity index (χ1n) is 5.95. The maximum atomic E-state index is 5.87. The second-order valence-electron chi connectivity index (χ2n) is 4.81. The van der Waals surface area contributed by atoms with Crippen molar-refractivity contribution in [1.82, 2.24) is 0 Å². The van der Waals surface area contributed by atoms with Gasteiger partial charge in [0.15, 0.2) is 0 Å². The van der Waals surface area contributed by atoms with Crippen LogP contribution in [-0.4, -0.2) is 18.6 Å². The molecule has 0 atom stereocenters. The lowest BCUT2D eigenvalue weighted by molar-refractivity contribution is 0.325. The summed E-state index contributed by atoms with van der Waals surface area (Å²) in [6.45, 7) is 1.22. The van der Waals surface area contributed by atoms with Crippen molar-refractivity contribution in [3.05, 3.63) is 29.8 Å². The molecule has 0 radical (unpaired) electrons. The van der Waals surface area contributed by atoms with E-state index in [0.717, 1.165) is 0 Å². The van der Waals surface area contributed by atoms with E-state index in [1.54, 1.807) is 0 Å². The van der Waals surface area contributed by atoms with E-state index in [1.807, 2.05) is 0 Å². The molecule has 1 fully saturated rings. The Balaban J connectivity index is 1.86. The van der Waals surface area contributed by atoms with Gasteiger partial charge in [-0.2, -0.15) is 0 Å². The first-order valence-corrected chi connectivity index (χ1v) is 5.95. The zero-order chi connectivity index (χ0) is 10.3. The van der Waals surface area contributed by atoms with Crippen molar-refractivity contribution >= 4 is 5.69 Å². The lowest BCUT2D eigenvalue weighted by Gasteiger charge is -2.45. The number of benzene rings is 1. The predicted molar refractivity (Wildman–Crippen MR) is 63.1 cm³/mol. The van der Waals surface area contributed by atoms with Crippen molar-refractivity contribution in [3.8, 4) is 0 Å². The number of fused-ring (bicyclic) bond motifs is 1. The Morgan fingerprint density at radius 3 is 2.80 bits per heavy atom. The molecule has 80 valence electrons. The van der Waals surface area contributed by atoms with Crippen LogP contribution in [0.5, 0.6) is 0 Å². The molecule has 1 heterocycles. The number of nitrogens with two attached hydrogens (primary N) is 1. The van der Waals surface area contributed by atoms with Crippen LogP contribution in [0.15, 0.2) is 24.3 Å². The van der Waals surface area contributed by atoms with Gasteiger partial charge in [0.05, 0.1) is 0 Å². The summed E-state index contributed by atoms with van der Waals surface area (Å²) in [5, 5.41) is 0. The van der Waals surface area contributed by atoms with Gasteiger partial charge in [0.25, 0.3) is 0 Å². The molecule has 15 heavy (non-hydrogen) atoms. The molecular formula is C13H18N2. The van der Waals surface area contributed by atoms with E-state index in [-0.39, 0.29) is 0 Å². The van der Waals surface area contributed by atoms with Gasteiger partial charge in [-0.15, -0.1) is 0 Å². The summed E-state index contributed by atoms with van der Waals surface area (Å²) in [4.78, 5) is 2.57. The molecule has 0 aromatic heterocycles. The summed E-state index contributed by atoms with van der Waals surface area (Å²) in [5.41, 5.74) is 8.85. The number of anilines is 1. The molecule has 1 aromatic rings. The summed E-state index contributed by atoms with van der Waals surface area (Å²) in [7, 11) is 0. The monoisotopic (exact) mass is 202 g/mol. The minimum absolute atomic E-state index is 0.448. The molecule has 1 aliphatic heterocycles. The third-order valence-corrected chi connectivity index (χ3v) is 3.74. The van der Waals surface area contributed by atoms with Crippen LogP contribution in [0.2, 0.25) is 0 Å². The fourth-order valence-electron chi connectivity index (χ4n) is 2.83. The Hall–Kier alpha value is -1.02. The van der Waals surface area contributed by atoms with Gasteiger partial charge in [-0.3, -0.25) is 0 Å². The fourth-order valence-corrected chi connectivity index (χ4v) is 2.83. The Morgan fingerprint density at radius 1 is 1.20 bits per heavy atom. The number of hydrogen-bond acceptors (Lipinski definition) is 2. The average molecular weight is 202 g/mol. The first kappa shape index (κ1) is 9.22. The quantitative estimate of drug-likeness (QED) is 0.754. The second-order valence-corrected chi connectivity index (χ2v) is 4.81. The largest absolute Gasteiger partial charge is 0.368 e. The van der Waals surface area contributed by atoms with Crippen molar-refractivity contribution in [3.63, 3.8) is 0 Å². The van der Waals surface area contributed by atoms with Crippen LogP contribution >= 0.6 is 0 Å². The van der Waals surface area contributed by atoms with Crippen LogP contribution in [-0.2, 0) is 6.42 Å². The number of nitrogens with zero attached hydrogens (tertiary/aromatic N) is 1. The van der Waals surface area contributed by atoms with Gasteiger partial charge in [-0.1, -0.05) is 18.2 Å². The van der Waals surface area contributed by atoms with Gasteiger partial charge >= 0.3 is 0 Å². The normalized spacial score (nSPS) is 29.5. The Bertz CT molecular complexity index is 355. The summed E-state index contributed by atoms with van der Waals surface area (Å²) < 4.78 is 0. The standard InChI is InChI=1S/C13H18N2/c14-11-8-12(9-11)15-7-3-5-10-4-1-2-6-13(10)15/h1-2,4,6,11-12H,3,5,7-9,14H2. The van der Waals surface area contributed by atoms with Crippen molar-refractivity contribution in [2.75, 3.05) is 11.4 Å². The zero-order valence-electron chi connectivity index (χ0n) is 9.02. The lowest BCUT2D eigenvalue weighted by Crippen LogP contribution is -2.52. The van der Waals surface area contributed by atoms with E-state index in [1.165, 1.54) is 43.5 Å². The highest BCUT2D eigenvalue weighted by Crippen LogP contribution is 2.34. The molecule has 1 aromatic carbocycles. The fraction of sp³-hybridized carbons (Fsp3) is 0.538. The van der Waals surface area contributed by atoms with E-state index in [9.17, 15) is 0 Å². The predicted octanol–water partition coefficient (Wildman–Crippen LogP) is 1.93. The molecule has 0 spiro atoms. The van der Waals surface area contributed by atoms with Crippen LogP contribution in [0.4, 0.5) is 5.69 Å². The number of aryl methyl sites for hydroxylation is 1. The van der Waals surface area contributed by atoms with Crippen LogP contribution in [0, 0.1) is 0 Å². The summed E-state index contributed by atoms with van der Waals surface area (Å²) >= 11 is 0. The van der Waals surface area contributed by atoms with Gasteiger partial charge in [0.2, 0.25) is 0 Å². The average Bonchev–Trinajstić information content (AvgIpc) is 2.24. The van der Waals surface area contributed by atoms with E-state index >= 15 is 0 Å².